The Hall–Kier alpha value is -1.40. The first kappa shape index (κ1) is 20.6. The smallest absolute Gasteiger partial charge is 0.191 e. The summed E-state index contributed by atoms with van der Waals surface area (Å²) in [5, 5.41) is 6.77. The second-order valence-electron chi connectivity index (χ2n) is 5.26. The lowest BCUT2D eigenvalue weighted by atomic mass is 10.2. The molecule has 5 nitrogen and oxygen atoms in total. The molecular weight excluding hydrogens is 322 g/mol. The zero-order valence-electron chi connectivity index (χ0n) is 15.1. The van der Waals surface area contributed by atoms with Gasteiger partial charge in [0.25, 0.3) is 0 Å². The average molecular weight is 354 g/mol. The molecule has 24 heavy (non-hydrogen) atoms. The maximum absolute atomic E-state index is 5.36. The van der Waals surface area contributed by atoms with Crippen molar-refractivity contribution in [3.8, 4) is 5.75 Å². The van der Waals surface area contributed by atoms with Gasteiger partial charge in [-0.3, -0.25) is 0 Å². The molecule has 0 saturated carbocycles. The van der Waals surface area contributed by atoms with Crippen molar-refractivity contribution in [2.24, 2.45) is 4.99 Å². The third-order valence-corrected chi connectivity index (χ3v) is 4.06. The van der Waals surface area contributed by atoms with E-state index in [1.54, 1.807) is 7.11 Å². The first-order valence-corrected chi connectivity index (χ1v) is 9.91. The SMILES string of the molecule is CCOCCCNC(=NCc1ccc(OC)cc1)NCCCSC. The number of benzene rings is 1. The Bertz CT molecular complexity index is 452. The lowest BCUT2D eigenvalue weighted by Crippen LogP contribution is -2.38. The zero-order valence-corrected chi connectivity index (χ0v) is 16.0. The van der Waals surface area contributed by atoms with Gasteiger partial charge in [-0.1, -0.05) is 12.1 Å². The third-order valence-electron chi connectivity index (χ3n) is 3.36. The summed E-state index contributed by atoms with van der Waals surface area (Å²) in [7, 11) is 1.68. The van der Waals surface area contributed by atoms with E-state index in [0.29, 0.717) is 6.54 Å². The molecule has 6 heteroatoms. The second-order valence-corrected chi connectivity index (χ2v) is 6.25. The first-order valence-electron chi connectivity index (χ1n) is 8.52. The molecule has 0 atom stereocenters. The number of hydrogen-bond acceptors (Lipinski definition) is 4. The van der Waals surface area contributed by atoms with Crippen LogP contribution >= 0.6 is 11.8 Å². The summed E-state index contributed by atoms with van der Waals surface area (Å²) < 4.78 is 10.5. The highest BCUT2D eigenvalue weighted by Crippen LogP contribution is 2.11. The van der Waals surface area contributed by atoms with Gasteiger partial charge in [0.05, 0.1) is 13.7 Å². The molecule has 136 valence electrons. The summed E-state index contributed by atoms with van der Waals surface area (Å²) in [4.78, 5) is 4.67. The number of methoxy groups -OCH3 is 1. The molecule has 2 N–H and O–H groups in total. The zero-order chi connectivity index (χ0) is 17.5. The fourth-order valence-corrected chi connectivity index (χ4v) is 2.46. The number of rotatable bonds is 12. The summed E-state index contributed by atoms with van der Waals surface area (Å²) in [5.74, 6) is 2.89. The Morgan fingerprint density at radius 2 is 1.83 bits per heavy atom. The maximum Gasteiger partial charge on any atom is 0.191 e. The second kappa shape index (κ2) is 14.0. The summed E-state index contributed by atoms with van der Waals surface area (Å²) in [6, 6.07) is 8.02. The third kappa shape index (κ3) is 9.67. The first-order chi connectivity index (χ1) is 11.8. The molecule has 0 spiro atoms. The Morgan fingerprint density at radius 3 is 2.46 bits per heavy atom. The number of nitrogens with one attached hydrogen (secondary N) is 2. The molecule has 0 heterocycles. The van der Waals surface area contributed by atoms with Crippen LogP contribution in [-0.4, -0.2) is 51.4 Å². The van der Waals surface area contributed by atoms with Crippen LogP contribution in [0.15, 0.2) is 29.3 Å². The highest BCUT2D eigenvalue weighted by molar-refractivity contribution is 7.98. The van der Waals surface area contributed by atoms with Gasteiger partial charge in [-0.2, -0.15) is 11.8 Å². The van der Waals surface area contributed by atoms with Crippen LogP contribution in [0.1, 0.15) is 25.3 Å². The van der Waals surface area contributed by atoms with E-state index in [1.165, 1.54) is 0 Å². The fourth-order valence-electron chi connectivity index (χ4n) is 2.02. The Balaban J connectivity index is 2.46. The quantitative estimate of drug-likeness (QED) is 0.344. The number of nitrogens with zero attached hydrogens (tertiary/aromatic N) is 1. The Labute approximate surface area is 150 Å². The van der Waals surface area contributed by atoms with Gasteiger partial charge in [-0.25, -0.2) is 4.99 Å². The van der Waals surface area contributed by atoms with Gasteiger partial charge < -0.3 is 20.1 Å². The maximum atomic E-state index is 5.36. The van der Waals surface area contributed by atoms with Crippen molar-refractivity contribution in [2.45, 2.75) is 26.3 Å². The van der Waals surface area contributed by atoms with Crippen LogP contribution < -0.4 is 15.4 Å². The van der Waals surface area contributed by atoms with Crippen LogP contribution in [0.3, 0.4) is 0 Å². The minimum atomic E-state index is 0.646. The minimum Gasteiger partial charge on any atom is -0.497 e. The normalized spacial score (nSPS) is 11.4. The van der Waals surface area contributed by atoms with Gasteiger partial charge in [-0.15, -0.1) is 0 Å². The molecule has 0 saturated heterocycles. The van der Waals surface area contributed by atoms with Crippen molar-refractivity contribution in [1.82, 2.24) is 10.6 Å². The minimum absolute atomic E-state index is 0.646. The highest BCUT2D eigenvalue weighted by atomic mass is 32.2. The van der Waals surface area contributed by atoms with Crippen LogP contribution in [0, 0.1) is 0 Å². The van der Waals surface area contributed by atoms with Crippen molar-refractivity contribution in [3.63, 3.8) is 0 Å². The molecule has 0 amide bonds. The van der Waals surface area contributed by atoms with Crippen molar-refractivity contribution < 1.29 is 9.47 Å². The van der Waals surface area contributed by atoms with Crippen molar-refractivity contribution >= 4 is 17.7 Å². The van der Waals surface area contributed by atoms with Gasteiger partial charge in [-0.05, 0) is 49.5 Å². The van der Waals surface area contributed by atoms with E-state index in [2.05, 4.69) is 21.9 Å². The molecule has 0 fully saturated rings. The molecule has 0 bridgehead atoms. The standard InChI is InChI=1S/C18H31N3O2S/c1-4-23-13-5-11-19-18(20-12-6-14-24-3)21-15-16-7-9-17(22-2)10-8-16/h7-10H,4-6,11-15H2,1-3H3,(H2,19,20,21). The molecular formula is C18H31N3O2S. The van der Waals surface area contributed by atoms with Crippen LogP contribution in [0.4, 0.5) is 0 Å². The van der Waals surface area contributed by atoms with Gasteiger partial charge in [0.2, 0.25) is 0 Å². The van der Waals surface area contributed by atoms with E-state index in [0.717, 1.165) is 62.2 Å². The van der Waals surface area contributed by atoms with Gasteiger partial charge in [0.15, 0.2) is 5.96 Å². The van der Waals surface area contributed by atoms with Crippen LogP contribution in [0.5, 0.6) is 5.75 Å². The largest absolute Gasteiger partial charge is 0.497 e. The van der Waals surface area contributed by atoms with E-state index >= 15 is 0 Å². The van der Waals surface area contributed by atoms with Crippen LogP contribution in [0.25, 0.3) is 0 Å². The molecule has 0 aliphatic rings. The average Bonchev–Trinajstić information content (AvgIpc) is 2.62. The molecule has 0 aliphatic carbocycles. The summed E-state index contributed by atoms with van der Waals surface area (Å²) in [6.45, 7) is 6.00. The van der Waals surface area contributed by atoms with E-state index < -0.39 is 0 Å². The molecule has 1 rings (SSSR count). The lowest BCUT2D eigenvalue weighted by molar-refractivity contribution is 0.145. The van der Waals surface area contributed by atoms with E-state index in [9.17, 15) is 0 Å². The number of thioether (sulfide) groups is 1. The molecule has 1 aromatic carbocycles. The monoisotopic (exact) mass is 353 g/mol. The van der Waals surface area contributed by atoms with Gasteiger partial charge in [0.1, 0.15) is 5.75 Å². The van der Waals surface area contributed by atoms with Gasteiger partial charge in [0, 0.05) is 26.3 Å². The molecule has 1 aromatic rings. The summed E-state index contributed by atoms with van der Waals surface area (Å²) in [5.41, 5.74) is 1.16. The topological polar surface area (TPSA) is 54.9 Å². The van der Waals surface area contributed by atoms with Crippen LogP contribution in [0.2, 0.25) is 0 Å². The number of guanidine groups is 1. The molecule has 0 radical (unpaired) electrons. The Kier molecular flexibility index (Phi) is 12.0. The van der Waals surface area contributed by atoms with E-state index in [1.807, 2.05) is 43.0 Å². The van der Waals surface area contributed by atoms with E-state index in [4.69, 9.17) is 9.47 Å². The summed E-state index contributed by atoms with van der Waals surface area (Å²) >= 11 is 1.87. The number of hydrogen-bond donors (Lipinski definition) is 2. The van der Waals surface area contributed by atoms with Crippen LogP contribution in [-0.2, 0) is 11.3 Å². The van der Waals surface area contributed by atoms with Crippen molar-refractivity contribution in [2.75, 3.05) is 45.4 Å². The Morgan fingerprint density at radius 1 is 1.12 bits per heavy atom. The fraction of sp³-hybridized carbons (Fsp3) is 0.611. The number of ether oxygens (including phenoxy) is 2. The number of aliphatic imine (C=N–C) groups is 1. The van der Waals surface area contributed by atoms with Crippen molar-refractivity contribution in [1.29, 1.82) is 0 Å². The lowest BCUT2D eigenvalue weighted by Gasteiger charge is -2.12. The molecule has 0 aliphatic heterocycles. The highest BCUT2D eigenvalue weighted by Gasteiger charge is 1.99. The van der Waals surface area contributed by atoms with Crippen molar-refractivity contribution in [3.05, 3.63) is 29.8 Å². The van der Waals surface area contributed by atoms with Gasteiger partial charge >= 0.3 is 0 Å². The molecule has 0 unspecified atom stereocenters. The van der Waals surface area contributed by atoms with E-state index in [-0.39, 0.29) is 0 Å². The predicted molar refractivity (Wildman–Crippen MR) is 104 cm³/mol. The predicted octanol–water partition coefficient (Wildman–Crippen LogP) is 2.91. The summed E-state index contributed by atoms with van der Waals surface area (Å²) in [6.07, 6.45) is 4.23. The molecule has 0 aromatic heterocycles.